The molecule has 0 unspecified atom stereocenters. The summed E-state index contributed by atoms with van der Waals surface area (Å²) < 4.78 is 28.2. The van der Waals surface area contributed by atoms with Gasteiger partial charge in [0.1, 0.15) is 0 Å². The highest BCUT2D eigenvalue weighted by Gasteiger charge is 2.32. The van der Waals surface area contributed by atoms with Crippen LogP contribution in [0.2, 0.25) is 0 Å². The fourth-order valence-corrected chi connectivity index (χ4v) is 6.65. The summed E-state index contributed by atoms with van der Waals surface area (Å²) in [6.07, 6.45) is 2.27. The molecule has 0 spiro atoms. The van der Waals surface area contributed by atoms with Gasteiger partial charge in [0, 0.05) is 37.5 Å². The van der Waals surface area contributed by atoms with Gasteiger partial charge in [0.25, 0.3) is 0 Å². The van der Waals surface area contributed by atoms with Gasteiger partial charge in [0.2, 0.25) is 15.9 Å². The summed E-state index contributed by atoms with van der Waals surface area (Å²) in [4.78, 5) is 16.1. The number of piperazine rings is 1. The molecule has 1 amide bonds. The number of aryl methyl sites for hydroxylation is 3. The van der Waals surface area contributed by atoms with Crippen LogP contribution in [0.5, 0.6) is 0 Å². The van der Waals surface area contributed by atoms with Crippen LogP contribution >= 0.6 is 11.3 Å². The van der Waals surface area contributed by atoms with Crippen LogP contribution in [0.3, 0.4) is 0 Å². The molecule has 158 valence electrons. The summed E-state index contributed by atoms with van der Waals surface area (Å²) in [5.41, 5.74) is 3.62. The van der Waals surface area contributed by atoms with E-state index in [-0.39, 0.29) is 5.91 Å². The highest BCUT2D eigenvalue weighted by Crippen LogP contribution is 2.29. The maximum absolute atomic E-state index is 13.3. The lowest BCUT2D eigenvalue weighted by atomic mass is 10.0. The number of rotatable bonds is 6. The van der Waals surface area contributed by atoms with E-state index in [1.165, 1.54) is 9.18 Å². The maximum Gasteiger partial charge on any atom is 0.243 e. The van der Waals surface area contributed by atoms with Crippen molar-refractivity contribution < 1.29 is 13.2 Å². The second kappa shape index (κ2) is 8.98. The lowest BCUT2D eigenvalue weighted by Gasteiger charge is -2.35. The summed E-state index contributed by atoms with van der Waals surface area (Å²) in [5.74, 6) is 0.123. The Kier molecular flexibility index (Phi) is 6.81. The standard InChI is InChI=1S/C22H30N2O3S2/c1-16-15-17(2)19(4)22(18(16)3)29(26,27)24-12-10-23(11-13-24)21(25)9-5-7-20-8-6-14-28-20/h6,8,14-15H,5,7,9-13H2,1-4H3. The predicted octanol–water partition coefficient (Wildman–Crippen LogP) is 3.84. The molecule has 5 nitrogen and oxygen atoms in total. The molecule has 0 saturated carbocycles. The Morgan fingerprint density at radius 3 is 2.21 bits per heavy atom. The van der Waals surface area contributed by atoms with E-state index in [1.54, 1.807) is 11.3 Å². The van der Waals surface area contributed by atoms with Crippen LogP contribution in [0, 0.1) is 27.7 Å². The molecule has 0 radical (unpaired) electrons. The van der Waals surface area contributed by atoms with E-state index < -0.39 is 10.0 Å². The molecular formula is C22H30N2O3S2. The summed E-state index contributed by atoms with van der Waals surface area (Å²) in [7, 11) is -3.57. The first-order valence-corrected chi connectivity index (χ1v) is 12.4. The molecule has 1 fully saturated rings. The Hall–Kier alpha value is -1.70. The fourth-order valence-electron chi connectivity index (χ4n) is 3.90. The number of carbonyl (C=O) groups is 1. The Bertz CT molecular complexity index is 948. The van der Waals surface area contributed by atoms with Gasteiger partial charge in [-0.1, -0.05) is 12.1 Å². The van der Waals surface area contributed by atoms with E-state index in [0.29, 0.717) is 37.5 Å². The van der Waals surface area contributed by atoms with Gasteiger partial charge in [-0.05, 0) is 74.2 Å². The van der Waals surface area contributed by atoms with Crippen molar-refractivity contribution in [2.45, 2.75) is 51.9 Å². The molecule has 0 aliphatic carbocycles. The monoisotopic (exact) mass is 434 g/mol. The number of carbonyl (C=O) groups excluding carboxylic acids is 1. The van der Waals surface area contributed by atoms with E-state index in [9.17, 15) is 13.2 Å². The smallest absolute Gasteiger partial charge is 0.243 e. The molecule has 3 rings (SSSR count). The van der Waals surface area contributed by atoms with Crippen molar-refractivity contribution in [2.75, 3.05) is 26.2 Å². The average molecular weight is 435 g/mol. The first-order chi connectivity index (χ1) is 13.7. The normalized spacial score (nSPS) is 15.7. The first kappa shape index (κ1) is 22.0. The van der Waals surface area contributed by atoms with E-state index in [0.717, 1.165) is 35.1 Å². The third-order valence-corrected chi connectivity index (χ3v) is 8.99. The minimum absolute atomic E-state index is 0.123. The van der Waals surface area contributed by atoms with Gasteiger partial charge in [-0.25, -0.2) is 8.42 Å². The van der Waals surface area contributed by atoms with Crippen molar-refractivity contribution in [3.05, 3.63) is 50.7 Å². The van der Waals surface area contributed by atoms with Gasteiger partial charge in [-0.3, -0.25) is 4.79 Å². The number of hydrogen-bond acceptors (Lipinski definition) is 4. The van der Waals surface area contributed by atoms with E-state index in [1.807, 2.05) is 44.7 Å². The predicted molar refractivity (Wildman–Crippen MR) is 118 cm³/mol. The number of sulfonamides is 1. The molecule has 1 aliphatic rings. The average Bonchev–Trinajstić information content (AvgIpc) is 3.20. The van der Waals surface area contributed by atoms with Crippen LogP contribution < -0.4 is 0 Å². The Balaban J connectivity index is 1.62. The third-order valence-electron chi connectivity index (χ3n) is 5.88. The summed E-state index contributed by atoms with van der Waals surface area (Å²) in [6.45, 7) is 9.28. The molecule has 2 heterocycles. The second-order valence-electron chi connectivity index (χ2n) is 7.81. The Morgan fingerprint density at radius 1 is 1.03 bits per heavy atom. The van der Waals surface area contributed by atoms with E-state index in [2.05, 4.69) is 11.4 Å². The Morgan fingerprint density at radius 2 is 1.66 bits per heavy atom. The first-order valence-electron chi connectivity index (χ1n) is 10.1. The minimum atomic E-state index is -3.57. The summed E-state index contributed by atoms with van der Waals surface area (Å²) >= 11 is 1.72. The van der Waals surface area contributed by atoms with Gasteiger partial charge in [-0.2, -0.15) is 4.31 Å². The molecule has 0 atom stereocenters. The largest absolute Gasteiger partial charge is 0.340 e. The molecule has 0 N–H and O–H groups in total. The molecule has 1 aromatic carbocycles. The van der Waals surface area contributed by atoms with Crippen molar-refractivity contribution in [1.29, 1.82) is 0 Å². The lowest BCUT2D eigenvalue weighted by Crippen LogP contribution is -2.50. The zero-order chi connectivity index (χ0) is 21.2. The molecule has 1 aromatic heterocycles. The van der Waals surface area contributed by atoms with Crippen LogP contribution in [0.25, 0.3) is 0 Å². The van der Waals surface area contributed by atoms with Crippen LogP contribution in [0.4, 0.5) is 0 Å². The molecule has 2 aromatic rings. The van der Waals surface area contributed by atoms with Crippen molar-refractivity contribution in [3.63, 3.8) is 0 Å². The van der Waals surface area contributed by atoms with Crippen molar-refractivity contribution in [3.8, 4) is 0 Å². The van der Waals surface area contributed by atoms with Gasteiger partial charge >= 0.3 is 0 Å². The van der Waals surface area contributed by atoms with E-state index in [4.69, 9.17) is 0 Å². The Labute approximate surface area is 178 Å². The quantitative estimate of drug-likeness (QED) is 0.694. The highest BCUT2D eigenvalue weighted by atomic mass is 32.2. The number of thiophene rings is 1. The zero-order valence-corrected chi connectivity index (χ0v) is 19.3. The van der Waals surface area contributed by atoms with Gasteiger partial charge in [-0.15, -0.1) is 11.3 Å². The van der Waals surface area contributed by atoms with Crippen LogP contribution in [0.15, 0.2) is 28.5 Å². The van der Waals surface area contributed by atoms with E-state index >= 15 is 0 Å². The maximum atomic E-state index is 13.3. The fraction of sp³-hybridized carbons (Fsp3) is 0.500. The van der Waals surface area contributed by atoms with Crippen LogP contribution in [0.1, 0.15) is 40.0 Å². The summed E-state index contributed by atoms with van der Waals surface area (Å²) in [5, 5.41) is 2.05. The zero-order valence-electron chi connectivity index (χ0n) is 17.7. The third kappa shape index (κ3) is 4.73. The van der Waals surface area contributed by atoms with Crippen molar-refractivity contribution in [1.82, 2.24) is 9.21 Å². The second-order valence-corrected chi connectivity index (χ2v) is 10.7. The number of hydrogen-bond donors (Lipinski definition) is 0. The molecular weight excluding hydrogens is 404 g/mol. The van der Waals surface area contributed by atoms with Crippen molar-refractivity contribution in [2.24, 2.45) is 0 Å². The number of amides is 1. The lowest BCUT2D eigenvalue weighted by molar-refractivity contribution is -0.132. The SMILES string of the molecule is Cc1cc(C)c(C)c(S(=O)(=O)N2CCN(C(=O)CCCc3cccs3)CC2)c1C. The molecule has 1 aliphatic heterocycles. The molecule has 7 heteroatoms. The number of benzene rings is 1. The minimum Gasteiger partial charge on any atom is -0.340 e. The molecule has 1 saturated heterocycles. The van der Waals surface area contributed by atoms with Gasteiger partial charge in [0.15, 0.2) is 0 Å². The molecule has 29 heavy (non-hydrogen) atoms. The van der Waals surface area contributed by atoms with Gasteiger partial charge < -0.3 is 4.90 Å². The number of nitrogens with zero attached hydrogens (tertiary/aromatic N) is 2. The van der Waals surface area contributed by atoms with Gasteiger partial charge in [0.05, 0.1) is 4.90 Å². The highest BCUT2D eigenvalue weighted by molar-refractivity contribution is 7.89. The molecule has 0 bridgehead atoms. The van der Waals surface area contributed by atoms with Crippen LogP contribution in [-0.2, 0) is 21.2 Å². The topological polar surface area (TPSA) is 57.7 Å². The van der Waals surface area contributed by atoms with Crippen LogP contribution in [-0.4, -0.2) is 49.7 Å². The summed E-state index contributed by atoms with van der Waals surface area (Å²) in [6, 6.07) is 6.16. The van der Waals surface area contributed by atoms with Crippen molar-refractivity contribution >= 4 is 27.3 Å².